The van der Waals surface area contributed by atoms with Gasteiger partial charge in [-0.15, -0.1) is 0 Å². The summed E-state index contributed by atoms with van der Waals surface area (Å²) in [7, 11) is 0. The molecule has 6 nitrogen and oxygen atoms in total. The number of hydrogen-bond donors (Lipinski definition) is 2. The Morgan fingerprint density at radius 3 is 2.42 bits per heavy atom. The van der Waals surface area contributed by atoms with Crippen molar-refractivity contribution in [3.05, 3.63) is 18.1 Å². The quantitative estimate of drug-likeness (QED) is 0.553. The number of carbonyl (C=O) groups is 1. The van der Waals surface area contributed by atoms with Gasteiger partial charge in [0.2, 0.25) is 0 Å². The molecule has 19 heavy (non-hydrogen) atoms. The summed E-state index contributed by atoms with van der Waals surface area (Å²) in [4.78, 5) is 22.3. The van der Waals surface area contributed by atoms with Gasteiger partial charge < -0.3 is 10.3 Å². The van der Waals surface area contributed by atoms with Gasteiger partial charge >= 0.3 is 0 Å². The van der Waals surface area contributed by atoms with Gasteiger partial charge in [0, 0.05) is 13.1 Å². The normalized spacial score (nSPS) is 10.3. The highest BCUT2D eigenvalue weighted by atomic mass is 16.2. The second kappa shape index (κ2) is 8.42. The average Bonchev–Trinajstić information content (AvgIpc) is 2.47. The van der Waals surface area contributed by atoms with E-state index in [0.717, 1.165) is 38.8 Å². The number of nitrogens with zero attached hydrogens (tertiary/aromatic N) is 3. The lowest BCUT2D eigenvalue weighted by molar-refractivity contribution is 0.0745. The molecule has 3 N–H and O–H groups in total. The summed E-state index contributed by atoms with van der Waals surface area (Å²) in [6.45, 7) is 5.75. The van der Waals surface area contributed by atoms with Crippen molar-refractivity contribution in [2.75, 3.05) is 18.5 Å². The third-order valence-corrected chi connectivity index (χ3v) is 2.85. The van der Waals surface area contributed by atoms with Gasteiger partial charge in [-0.25, -0.2) is 10.8 Å². The number of carbonyl (C=O) groups excluding carboxylic acids is 1. The lowest BCUT2D eigenvalue weighted by Gasteiger charge is -2.22. The number of amides is 1. The summed E-state index contributed by atoms with van der Waals surface area (Å²) in [5.41, 5.74) is 2.74. The first-order valence-electron chi connectivity index (χ1n) is 6.80. The van der Waals surface area contributed by atoms with Gasteiger partial charge in [0.1, 0.15) is 5.69 Å². The second-order valence-electron chi connectivity index (χ2n) is 4.43. The van der Waals surface area contributed by atoms with Crippen LogP contribution in [0.4, 0.5) is 5.82 Å². The minimum Gasteiger partial charge on any atom is -0.337 e. The van der Waals surface area contributed by atoms with Gasteiger partial charge in [-0.2, -0.15) is 0 Å². The first-order chi connectivity index (χ1) is 9.22. The Hall–Kier alpha value is -1.69. The van der Waals surface area contributed by atoms with Crippen molar-refractivity contribution in [1.82, 2.24) is 14.9 Å². The molecule has 0 spiro atoms. The summed E-state index contributed by atoms with van der Waals surface area (Å²) in [5, 5.41) is 0. The number of hydrazine groups is 1. The Balaban J connectivity index is 2.77. The summed E-state index contributed by atoms with van der Waals surface area (Å²) < 4.78 is 0. The van der Waals surface area contributed by atoms with E-state index in [-0.39, 0.29) is 5.91 Å². The minimum atomic E-state index is -0.0773. The maximum absolute atomic E-state index is 12.4. The fraction of sp³-hybridized carbons (Fsp3) is 0.615. The van der Waals surface area contributed by atoms with Crippen molar-refractivity contribution in [3.8, 4) is 0 Å². The van der Waals surface area contributed by atoms with Gasteiger partial charge in [0.25, 0.3) is 5.91 Å². The van der Waals surface area contributed by atoms with E-state index in [2.05, 4.69) is 29.2 Å². The van der Waals surface area contributed by atoms with Crippen LogP contribution in [0.15, 0.2) is 12.4 Å². The van der Waals surface area contributed by atoms with Crippen molar-refractivity contribution in [2.24, 2.45) is 5.84 Å². The molecule has 1 aromatic rings. The van der Waals surface area contributed by atoms with Crippen LogP contribution in [-0.4, -0.2) is 33.9 Å². The van der Waals surface area contributed by atoms with E-state index in [1.54, 1.807) is 0 Å². The number of anilines is 1. The van der Waals surface area contributed by atoms with Crippen LogP contribution >= 0.6 is 0 Å². The molecule has 0 atom stereocenters. The molecule has 0 saturated heterocycles. The predicted octanol–water partition coefficient (Wildman–Crippen LogP) is 1.80. The highest BCUT2D eigenvalue weighted by Crippen LogP contribution is 2.07. The molecule has 0 unspecified atom stereocenters. The maximum Gasteiger partial charge on any atom is 0.274 e. The van der Waals surface area contributed by atoms with E-state index in [0.29, 0.717) is 11.5 Å². The molecule has 6 heteroatoms. The van der Waals surface area contributed by atoms with Crippen LogP contribution in [-0.2, 0) is 0 Å². The molecule has 1 amide bonds. The number of unbranched alkanes of at least 4 members (excludes halogenated alkanes) is 2. The molecule has 0 fully saturated rings. The van der Waals surface area contributed by atoms with E-state index in [4.69, 9.17) is 5.84 Å². The van der Waals surface area contributed by atoms with E-state index in [1.807, 2.05) is 4.90 Å². The van der Waals surface area contributed by atoms with Crippen molar-refractivity contribution >= 4 is 11.7 Å². The standard InChI is InChI=1S/C13H23N5O/c1-3-5-7-18(8-6-4-2)13(19)11-9-15-10-12(16-11)17-14/h9-10H,3-8,14H2,1-2H3,(H,16,17). The Labute approximate surface area is 114 Å². The van der Waals surface area contributed by atoms with Crippen molar-refractivity contribution in [2.45, 2.75) is 39.5 Å². The maximum atomic E-state index is 12.4. The highest BCUT2D eigenvalue weighted by Gasteiger charge is 2.16. The largest absolute Gasteiger partial charge is 0.337 e. The van der Waals surface area contributed by atoms with Crippen LogP contribution in [0.5, 0.6) is 0 Å². The van der Waals surface area contributed by atoms with Crippen molar-refractivity contribution in [1.29, 1.82) is 0 Å². The number of hydrogen-bond acceptors (Lipinski definition) is 5. The third kappa shape index (κ3) is 4.82. The van der Waals surface area contributed by atoms with Gasteiger partial charge in [-0.3, -0.25) is 9.78 Å². The van der Waals surface area contributed by atoms with Crippen LogP contribution in [0.25, 0.3) is 0 Å². The number of aromatic nitrogens is 2. The second-order valence-corrected chi connectivity index (χ2v) is 4.43. The molecule has 0 saturated carbocycles. The van der Waals surface area contributed by atoms with Crippen LogP contribution < -0.4 is 11.3 Å². The number of nitrogens with two attached hydrogens (primary N) is 1. The fourth-order valence-electron chi connectivity index (χ4n) is 1.71. The smallest absolute Gasteiger partial charge is 0.274 e. The SMILES string of the molecule is CCCCN(CCCC)C(=O)c1cncc(NN)n1. The van der Waals surface area contributed by atoms with Crippen LogP contribution in [0.1, 0.15) is 50.0 Å². The highest BCUT2D eigenvalue weighted by molar-refractivity contribution is 5.92. The molecule has 0 aromatic carbocycles. The van der Waals surface area contributed by atoms with E-state index >= 15 is 0 Å². The number of nitrogen functional groups attached to an aromatic ring is 1. The molecule has 0 aliphatic carbocycles. The number of nitrogens with one attached hydrogen (secondary N) is 1. The van der Waals surface area contributed by atoms with Gasteiger partial charge in [0.15, 0.2) is 5.82 Å². The Morgan fingerprint density at radius 1 is 1.26 bits per heavy atom. The molecule has 0 aliphatic heterocycles. The Bertz CT molecular complexity index is 388. The lowest BCUT2D eigenvalue weighted by atomic mass is 10.2. The fourth-order valence-corrected chi connectivity index (χ4v) is 1.71. The molecule has 0 aliphatic rings. The summed E-state index contributed by atoms with van der Waals surface area (Å²) in [5.74, 6) is 5.60. The van der Waals surface area contributed by atoms with Crippen molar-refractivity contribution < 1.29 is 4.79 Å². The number of rotatable bonds is 8. The first kappa shape index (κ1) is 15.4. The van der Waals surface area contributed by atoms with Crippen molar-refractivity contribution in [3.63, 3.8) is 0 Å². The predicted molar refractivity (Wildman–Crippen MR) is 75.6 cm³/mol. The average molecular weight is 265 g/mol. The lowest BCUT2D eigenvalue weighted by Crippen LogP contribution is -2.33. The molecule has 1 heterocycles. The van der Waals surface area contributed by atoms with E-state index in [1.165, 1.54) is 12.4 Å². The summed E-state index contributed by atoms with van der Waals surface area (Å²) >= 11 is 0. The zero-order chi connectivity index (χ0) is 14.1. The van der Waals surface area contributed by atoms with Crippen LogP contribution in [0.3, 0.4) is 0 Å². The zero-order valence-electron chi connectivity index (χ0n) is 11.7. The van der Waals surface area contributed by atoms with Gasteiger partial charge in [-0.05, 0) is 12.8 Å². The zero-order valence-corrected chi connectivity index (χ0v) is 11.7. The molecule has 1 rings (SSSR count). The monoisotopic (exact) mass is 265 g/mol. The molecular formula is C13H23N5O. The molecule has 0 radical (unpaired) electrons. The Morgan fingerprint density at radius 2 is 1.89 bits per heavy atom. The first-order valence-corrected chi connectivity index (χ1v) is 6.80. The Kier molecular flexibility index (Phi) is 6.81. The van der Waals surface area contributed by atoms with E-state index in [9.17, 15) is 4.79 Å². The van der Waals surface area contributed by atoms with Gasteiger partial charge in [-0.1, -0.05) is 26.7 Å². The molecule has 106 valence electrons. The topological polar surface area (TPSA) is 84.1 Å². The summed E-state index contributed by atoms with van der Waals surface area (Å²) in [6, 6.07) is 0. The van der Waals surface area contributed by atoms with Crippen LogP contribution in [0.2, 0.25) is 0 Å². The molecular weight excluding hydrogens is 242 g/mol. The van der Waals surface area contributed by atoms with Crippen LogP contribution in [0, 0.1) is 0 Å². The molecule has 1 aromatic heterocycles. The third-order valence-electron chi connectivity index (χ3n) is 2.85. The van der Waals surface area contributed by atoms with E-state index < -0.39 is 0 Å². The summed E-state index contributed by atoms with van der Waals surface area (Å²) in [6.07, 6.45) is 7.08. The van der Waals surface area contributed by atoms with Gasteiger partial charge in [0.05, 0.1) is 12.4 Å². The molecule has 0 bridgehead atoms. The minimum absolute atomic E-state index is 0.0773.